The van der Waals surface area contributed by atoms with Crippen LogP contribution >= 0.6 is 11.6 Å². The van der Waals surface area contributed by atoms with Crippen LogP contribution in [-0.2, 0) is 6.54 Å². The van der Waals surface area contributed by atoms with Gasteiger partial charge in [-0.15, -0.1) is 0 Å². The molecule has 0 unspecified atom stereocenters. The molecule has 1 aliphatic heterocycles. The molecule has 0 atom stereocenters. The monoisotopic (exact) mass is 422 g/mol. The molecule has 30 heavy (non-hydrogen) atoms. The van der Waals surface area contributed by atoms with E-state index in [0.717, 1.165) is 31.7 Å². The van der Waals surface area contributed by atoms with E-state index in [9.17, 15) is 4.79 Å². The zero-order chi connectivity index (χ0) is 20.5. The summed E-state index contributed by atoms with van der Waals surface area (Å²) >= 11 is 6.05. The minimum Gasteiger partial charge on any atom is -0.322 e. The highest BCUT2D eigenvalue weighted by molar-refractivity contribution is 6.30. The van der Waals surface area contributed by atoms with Gasteiger partial charge < -0.3 is 14.4 Å². The van der Waals surface area contributed by atoms with Crippen LogP contribution in [0.2, 0.25) is 5.02 Å². The van der Waals surface area contributed by atoms with Crippen LogP contribution in [0.4, 0.5) is 6.01 Å². The number of benzene rings is 2. The number of rotatable bonds is 4. The number of hydrogen-bond donors (Lipinski definition) is 1. The van der Waals surface area contributed by atoms with E-state index in [2.05, 4.69) is 29.9 Å². The van der Waals surface area contributed by atoms with E-state index in [1.807, 2.05) is 42.5 Å². The second kappa shape index (κ2) is 7.89. The predicted molar refractivity (Wildman–Crippen MR) is 115 cm³/mol. The van der Waals surface area contributed by atoms with E-state index >= 15 is 0 Å². The summed E-state index contributed by atoms with van der Waals surface area (Å²) in [6.07, 6.45) is 0. The number of halogens is 1. The second-order valence-corrected chi connectivity index (χ2v) is 7.64. The number of nitrogens with one attached hydrogen (secondary N) is 1. The van der Waals surface area contributed by atoms with Crippen molar-refractivity contribution in [2.24, 2.45) is 0 Å². The Morgan fingerprint density at radius 2 is 1.87 bits per heavy atom. The first-order valence-electron chi connectivity index (χ1n) is 9.70. The zero-order valence-corrected chi connectivity index (χ0v) is 16.8. The topological polar surface area (TPSA) is 91.2 Å². The lowest BCUT2D eigenvalue weighted by atomic mass is 10.2. The van der Waals surface area contributed by atoms with Crippen LogP contribution in [0.5, 0.6) is 0 Å². The minimum absolute atomic E-state index is 0.103. The molecule has 0 radical (unpaired) electrons. The molecule has 3 heterocycles. The molecular formula is C21H19ClN6O2. The van der Waals surface area contributed by atoms with E-state index in [1.54, 1.807) is 6.07 Å². The number of piperazine rings is 1. The maximum atomic E-state index is 12.3. The summed E-state index contributed by atoms with van der Waals surface area (Å²) in [5.41, 5.74) is 1.44. The summed E-state index contributed by atoms with van der Waals surface area (Å²) < 4.78 is 5.46. The van der Waals surface area contributed by atoms with E-state index in [4.69, 9.17) is 16.1 Å². The molecule has 152 valence electrons. The smallest absolute Gasteiger partial charge is 0.322 e. The Bertz CT molecular complexity index is 1250. The number of anilines is 1. The summed E-state index contributed by atoms with van der Waals surface area (Å²) in [5.74, 6) is 1.20. The molecule has 8 nitrogen and oxygen atoms in total. The maximum Gasteiger partial charge on any atom is 0.324 e. The number of fused-ring (bicyclic) bond motifs is 1. The lowest BCUT2D eigenvalue weighted by molar-refractivity contribution is 0.237. The fourth-order valence-electron chi connectivity index (χ4n) is 3.61. The van der Waals surface area contributed by atoms with Crippen molar-refractivity contribution in [3.63, 3.8) is 0 Å². The Morgan fingerprint density at radius 1 is 1.03 bits per heavy atom. The zero-order valence-electron chi connectivity index (χ0n) is 16.1. The highest BCUT2D eigenvalue weighted by Gasteiger charge is 2.22. The largest absolute Gasteiger partial charge is 0.324 e. The van der Waals surface area contributed by atoms with Crippen molar-refractivity contribution in [2.45, 2.75) is 6.54 Å². The Labute approximate surface area is 177 Å². The fraction of sp³-hybridized carbons (Fsp3) is 0.238. The van der Waals surface area contributed by atoms with Gasteiger partial charge in [-0.3, -0.25) is 9.69 Å². The number of para-hydroxylation sites is 1. The number of hydrogen-bond acceptors (Lipinski definition) is 7. The normalized spacial score (nSPS) is 15.0. The summed E-state index contributed by atoms with van der Waals surface area (Å²) in [5, 5.41) is 5.32. The van der Waals surface area contributed by atoms with Crippen molar-refractivity contribution in [1.82, 2.24) is 25.0 Å². The average Bonchev–Trinajstić information content (AvgIpc) is 3.25. The molecule has 0 amide bonds. The third-order valence-electron chi connectivity index (χ3n) is 5.18. The highest BCUT2D eigenvalue weighted by Crippen LogP contribution is 2.23. The van der Waals surface area contributed by atoms with Gasteiger partial charge in [-0.05, 0) is 24.3 Å². The molecule has 9 heteroatoms. The number of nitrogens with zero attached hydrogens (tertiary/aromatic N) is 5. The fourth-order valence-corrected chi connectivity index (χ4v) is 3.80. The molecule has 4 aromatic rings. The van der Waals surface area contributed by atoms with E-state index in [0.29, 0.717) is 40.1 Å². The lowest BCUT2D eigenvalue weighted by Crippen LogP contribution is -2.46. The van der Waals surface area contributed by atoms with Gasteiger partial charge in [-0.1, -0.05) is 41.0 Å². The lowest BCUT2D eigenvalue weighted by Gasteiger charge is -2.33. The molecule has 0 spiro atoms. The molecule has 2 aromatic heterocycles. The molecule has 1 fully saturated rings. The number of aromatic nitrogens is 4. The molecule has 1 saturated heterocycles. The molecule has 0 bridgehead atoms. The van der Waals surface area contributed by atoms with Crippen LogP contribution in [-0.4, -0.2) is 51.2 Å². The summed E-state index contributed by atoms with van der Waals surface area (Å²) in [6, 6.07) is 15.3. The van der Waals surface area contributed by atoms with Gasteiger partial charge in [-0.25, -0.2) is 4.98 Å². The minimum atomic E-state index is -0.103. The van der Waals surface area contributed by atoms with Crippen molar-refractivity contribution in [2.75, 3.05) is 31.1 Å². The van der Waals surface area contributed by atoms with Gasteiger partial charge in [0.15, 0.2) is 0 Å². The molecule has 0 saturated carbocycles. The molecule has 2 aromatic carbocycles. The summed E-state index contributed by atoms with van der Waals surface area (Å²) in [6.45, 7) is 3.67. The number of aromatic amines is 1. The standard InChI is InChI=1S/C21H19ClN6O2/c22-15-5-3-4-14(12-15)19-25-21(30-26-19)28-10-8-27(9-11-28)13-18-23-17-7-2-1-6-16(17)20(29)24-18/h1-7,12H,8-11,13H2,(H,23,24,29). The molecule has 0 aliphatic carbocycles. The Balaban J connectivity index is 1.24. The second-order valence-electron chi connectivity index (χ2n) is 7.20. The van der Waals surface area contributed by atoms with E-state index in [-0.39, 0.29) is 5.56 Å². The molecule has 1 N–H and O–H groups in total. The van der Waals surface area contributed by atoms with Gasteiger partial charge in [0.2, 0.25) is 5.82 Å². The van der Waals surface area contributed by atoms with Crippen molar-refractivity contribution in [3.8, 4) is 11.4 Å². The van der Waals surface area contributed by atoms with Crippen molar-refractivity contribution in [3.05, 3.63) is 69.7 Å². The number of H-pyrrole nitrogens is 1. The van der Waals surface area contributed by atoms with Gasteiger partial charge in [0.1, 0.15) is 5.82 Å². The van der Waals surface area contributed by atoms with E-state index < -0.39 is 0 Å². The van der Waals surface area contributed by atoms with Gasteiger partial charge in [-0.2, -0.15) is 4.98 Å². The van der Waals surface area contributed by atoms with Gasteiger partial charge in [0.25, 0.3) is 5.56 Å². The van der Waals surface area contributed by atoms with Gasteiger partial charge in [0.05, 0.1) is 17.4 Å². The van der Waals surface area contributed by atoms with E-state index in [1.165, 1.54) is 0 Å². The SMILES string of the molecule is O=c1[nH]c(CN2CCN(c3nc(-c4cccc(Cl)c4)no3)CC2)nc2ccccc12. The van der Waals surface area contributed by atoms with Crippen LogP contribution in [0.25, 0.3) is 22.3 Å². The maximum absolute atomic E-state index is 12.3. The third-order valence-corrected chi connectivity index (χ3v) is 5.41. The van der Waals surface area contributed by atoms with Crippen molar-refractivity contribution in [1.29, 1.82) is 0 Å². The Hall–Kier alpha value is -3.23. The summed E-state index contributed by atoms with van der Waals surface area (Å²) in [4.78, 5) is 28.6. The molecule has 5 rings (SSSR count). The molecular weight excluding hydrogens is 404 g/mol. The average molecular weight is 423 g/mol. The highest BCUT2D eigenvalue weighted by atomic mass is 35.5. The quantitative estimate of drug-likeness (QED) is 0.540. The Kier molecular flexibility index (Phi) is 4.94. The molecule has 1 aliphatic rings. The first kappa shape index (κ1) is 18.8. The first-order valence-corrected chi connectivity index (χ1v) is 10.1. The summed E-state index contributed by atoms with van der Waals surface area (Å²) in [7, 11) is 0. The van der Waals surface area contributed by atoms with Crippen LogP contribution < -0.4 is 10.5 Å². The third kappa shape index (κ3) is 3.79. The Morgan fingerprint density at radius 3 is 2.70 bits per heavy atom. The van der Waals surface area contributed by atoms with Gasteiger partial charge >= 0.3 is 6.01 Å². The van der Waals surface area contributed by atoms with Crippen molar-refractivity contribution >= 4 is 28.5 Å². The van der Waals surface area contributed by atoms with Crippen molar-refractivity contribution < 1.29 is 4.52 Å². The van der Waals surface area contributed by atoms with Crippen LogP contribution in [0.1, 0.15) is 5.82 Å². The van der Waals surface area contributed by atoms with Crippen LogP contribution in [0, 0.1) is 0 Å². The predicted octanol–water partition coefficient (Wildman–Crippen LogP) is 2.95. The van der Waals surface area contributed by atoms with Gasteiger partial charge in [0, 0.05) is 36.8 Å². The van der Waals surface area contributed by atoms with Crippen LogP contribution in [0.3, 0.4) is 0 Å². The first-order chi connectivity index (χ1) is 14.7. The van der Waals surface area contributed by atoms with Crippen LogP contribution in [0.15, 0.2) is 57.8 Å².